The summed E-state index contributed by atoms with van der Waals surface area (Å²) in [6.07, 6.45) is 9.43. The Morgan fingerprint density at radius 2 is 1.93 bits per heavy atom. The molecule has 0 aromatic carbocycles. The summed E-state index contributed by atoms with van der Waals surface area (Å²) in [5.74, 6) is 4.33. The van der Waals surface area contributed by atoms with Crippen LogP contribution >= 0.6 is 0 Å². The van der Waals surface area contributed by atoms with Gasteiger partial charge in [0.1, 0.15) is 11.6 Å². The van der Waals surface area contributed by atoms with E-state index < -0.39 is 0 Å². The van der Waals surface area contributed by atoms with Crippen molar-refractivity contribution in [2.24, 2.45) is 17.8 Å². The molecule has 2 aliphatic carbocycles. The summed E-state index contributed by atoms with van der Waals surface area (Å²) < 4.78 is 14.2. The van der Waals surface area contributed by atoms with Gasteiger partial charge in [-0.3, -0.25) is 4.90 Å². The Hall–Kier alpha value is -1.66. The van der Waals surface area contributed by atoms with Crippen molar-refractivity contribution in [1.29, 1.82) is 0 Å². The van der Waals surface area contributed by atoms with Gasteiger partial charge in [0.15, 0.2) is 0 Å². The Bertz CT molecular complexity index is 805. The van der Waals surface area contributed by atoms with E-state index in [4.69, 9.17) is 9.26 Å². The minimum absolute atomic E-state index is 0.314. The number of hydrogen-bond donors (Lipinski definition) is 0. The van der Waals surface area contributed by atoms with Gasteiger partial charge in [0.25, 0.3) is 0 Å². The van der Waals surface area contributed by atoms with E-state index in [2.05, 4.69) is 39.7 Å². The van der Waals surface area contributed by atoms with Crippen molar-refractivity contribution in [3.63, 3.8) is 0 Å². The summed E-state index contributed by atoms with van der Waals surface area (Å²) >= 11 is 0. The summed E-state index contributed by atoms with van der Waals surface area (Å²) in [6.45, 7) is 10.4. The fraction of sp³-hybridized carbons (Fsp3) is 0.727. The first-order valence-corrected chi connectivity index (χ1v) is 10.8. The molecule has 2 aromatic rings. The van der Waals surface area contributed by atoms with Crippen LogP contribution in [-0.4, -0.2) is 45.4 Å². The number of aromatic nitrogens is 3. The van der Waals surface area contributed by atoms with Crippen LogP contribution in [0.3, 0.4) is 0 Å². The quantitative estimate of drug-likeness (QED) is 0.760. The second-order valence-electron chi connectivity index (χ2n) is 9.25. The maximum Gasteiger partial charge on any atom is 0.138 e. The van der Waals surface area contributed by atoms with Crippen LogP contribution in [0.4, 0.5) is 0 Å². The number of imidazole rings is 1. The second kappa shape index (κ2) is 7.30. The lowest BCUT2D eigenvalue weighted by Gasteiger charge is -2.39. The van der Waals surface area contributed by atoms with Gasteiger partial charge in [-0.2, -0.15) is 0 Å². The summed E-state index contributed by atoms with van der Waals surface area (Å²) in [6, 6.07) is 0.418. The largest absolute Gasteiger partial charge is 0.376 e. The first-order valence-electron chi connectivity index (χ1n) is 10.8. The topological polar surface area (TPSA) is 56.3 Å². The molecule has 0 radical (unpaired) electrons. The highest BCUT2D eigenvalue weighted by Crippen LogP contribution is 2.44. The zero-order chi connectivity index (χ0) is 19.3. The molecule has 0 spiro atoms. The third-order valence-electron chi connectivity index (χ3n) is 7.19. The van der Waals surface area contributed by atoms with Crippen molar-refractivity contribution in [3.05, 3.63) is 35.2 Å². The van der Waals surface area contributed by atoms with Gasteiger partial charge in [0.2, 0.25) is 0 Å². The Morgan fingerprint density at radius 1 is 1.14 bits per heavy atom. The molecule has 3 fully saturated rings. The molecule has 5 rings (SSSR count). The third kappa shape index (κ3) is 3.52. The molecule has 6 heteroatoms. The van der Waals surface area contributed by atoms with Gasteiger partial charge in [0.05, 0.1) is 17.8 Å². The fourth-order valence-electron chi connectivity index (χ4n) is 5.32. The molecule has 0 bridgehead atoms. The molecule has 6 nitrogen and oxygen atoms in total. The average molecular weight is 385 g/mol. The first kappa shape index (κ1) is 18.4. The SMILES string of the molecule is Cc1noc(C)c1CN1C[C@H]2C[C@H](OCC3CC3)[C@@H](n3ccnc3C)C[C@H]2C1. The van der Waals surface area contributed by atoms with Crippen molar-refractivity contribution < 1.29 is 9.26 Å². The Labute approximate surface area is 167 Å². The first-order chi connectivity index (χ1) is 13.6. The molecule has 3 heterocycles. The highest BCUT2D eigenvalue weighted by Gasteiger charge is 2.44. The molecule has 28 heavy (non-hydrogen) atoms. The molecule has 152 valence electrons. The maximum atomic E-state index is 6.49. The Morgan fingerprint density at radius 3 is 2.57 bits per heavy atom. The molecule has 1 saturated heterocycles. The molecule has 3 aliphatic rings. The predicted octanol–water partition coefficient (Wildman–Crippen LogP) is 3.67. The molecular formula is C22H32N4O2. The van der Waals surface area contributed by atoms with E-state index in [1.165, 1.54) is 24.8 Å². The van der Waals surface area contributed by atoms with E-state index in [1.54, 1.807) is 0 Å². The van der Waals surface area contributed by atoms with E-state index in [0.717, 1.165) is 67.7 Å². The van der Waals surface area contributed by atoms with Gasteiger partial charge in [-0.25, -0.2) is 4.98 Å². The van der Waals surface area contributed by atoms with Gasteiger partial charge in [-0.15, -0.1) is 0 Å². The standard InChI is InChI=1S/C22H32N4O2/c1-14-20(15(2)28-24-14)12-25-10-18-8-21(26-7-6-23-16(26)3)22(9-19(18)11-25)27-13-17-4-5-17/h6-7,17-19,21-22H,4-5,8-13H2,1-3H3/t18-,19+,21-,22-/m0/s1. The van der Waals surface area contributed by atoms with Gasteiger partial charge >= 0.3 is 0 Å². The van der Waals surface area contributed by atoms with Crippen LogP contribution in [0.1, 0.15) is 54.6 Å². The van der Waals surface area contributed by atoms with E-state index >= 15 is 0 Å². The van der Waals surface area contributed by atoms with Crippen LogP contribution in [0.2, 0.25) is 0 Å². The lowest BCUT2D eigenvalue weighted by molar-refractivity contribution is -0.0343. The van der Waals surface area contributed by atoms with Crippen LogP contribution in [-0.2, 0) is 11.3 Å². The molecule has 4 atom stereocenters. The van der Waals surface area contributed by atoms with Crippen molar-refractivity contribution in [2.45, 2.75) is 65.1 Å². The van der Waals surface area contributed by atoms with E-state index in [-0.39, 0.29) is 0 Å². The van der Waals surface area contributed by atoms with Crippen LogP contribution in [0, 0.1) is 38.5 Å². The molecule has 1 aliphatic heterocycles. The van der Waals surface area contributed by atoms with Crippen molar-refractivity contribution in [2.75, 3.05) is 19.7 Å². The van der Waals surface area contributed by atoms with E-state index in [1.807, 2.05) is 13.1 Å². The Balaban J connectivity index is 1.31. The number of ether oxygens (including phenoxy) is 1. The highest BCUT2D eigenvalue weighted by atomic mass is 16.5. The lowest BCUT2D eigenvalue weighted by Crippen LogP contribution is -2.38. The zero-order valence-corrected chi connectivity index (χ0v) is 17.3. The summed E-state index contributed by atoms with van der Waals surface area (Å²) in [7, 11) is 0. The summed E-state index contributed by atoms with van der Waals surface area (Å²) in [5, 5.41) is 4.13. The second-order valence-corrected chi connectivity index (χ2v) is 9.25. The van der Waals surface area contributed by atoms with Crippen LogP contribution in [0.15, 0.2) is 16.9 Å². The molecule has 0 amide bonds. The van der Waals surface area contributed by atoms with Gasteiger partial charge in [-0.05, 0) is 64.2 Å². The molecular weight excluding hydrogens is 352 g/mol. The lowest BCUT2D eigenvalue weighted by atomic mass is 9.77. The van der Waals surface area contributed by atoms with Crippen molar-refractivity contribution >= 4 is 0 Å². The van der Waals surface area contributed by atoms with Gasteiger partial charge < -0.3 is 13.8 Å². The van der Waals surface area contributed by atoms with Crippen LogP contribution in [0.5, 0.6) is 0 Å². The van der Waals surface area contributed by atoms with Crippen molar-refractivity contribution in [3.8, 4) is 0 Å². The van der Waals surface area contributed by atoms with Gasteiger partial charge in [-0.1, -0.05) is 5.16 Å². The number of aryl methyl sites for hydroxylation is 3. The number of rotatable bonds is 6. The maximum absolute atomic E-state index is 6.49. The normalized spacial score (nSPS) is 30.7. The van der Waals surface area contributed by atoms with Crippen molar-refractivity contribution in [1.82, 2.24) is 19.6 Å². The number of nitrogens with zero attached hydrogens (tertiary/aromatic N) is 4. The molecule has 2 saturated carbocycles. The predicted molar refractivity (Wildman–Crippen MR) is 106 cm³/mol. The minimum atomic E-state index is 0.314. The Kier molecular flexibility index (Phi) is 4.79. The van der Waals surface area contributed by atoms with Crippen LogP contribution < -0.4 is 0 Å². The molecule has 0 unspecified atom stereocenters. The number of fused-ring (bicyclic) bond motifs is 1. The third-order valence-corrected chi connectivity index (χ3v) is 7.19. The minimum Gasteiger partial charge on any atom is -0.376 e. The molecule has 0 N–H and O–H groups in total. The monoisotopic (exact) mass is 384 g/mol. The summed E-state index contributed by atoms with van der Waals surface area (Å²) in [5.41, 5.74) is 2.30. The van der Waals surface area contributed by atoms with E-state index in [0.29, 0.717) is 12.1 Å². The van der Waals surface area contributed by atoms with Gasteiger partial charge in [0, 0.05) is 44.2 Å². The van der Waals surface area contributed by atoms with E-state index in [9.17, 15) is 0 Å². The highest BCUT2D eigenvalue weighted by molar-refractivity contribution is 5.20. The number of likely N-dealkylation sites (tertiary alicyclic amines) is 1. The average Bonchev–Trinajstić information content (AvgIpc) is 3.15. The number of hydrogen-bond acceptors (Lipinski definition) is 5. The fourth-order valence-corrected chi connectivity index (χ4v) is 5.32. The zero-order valence-electron chi connectivity index (χ0n) is 17.3. The van der Waals surface area contributed by atoms with Crippen LogP contribution in [0.25, 0.3) is 0 Å². The smallest absolute Gasteiger partial charge is 0.138 e. The summed E-state index contributed by atoms with van der Waals surface area (Å²) in [4.78, 5) is 7.08. The molecule has 2 aromatic heterocycles.